The van der Waals surface area contributed by atoms with Crippen LogP contribution in [0.5, 0.6) is 0 Å². The second-order valence-corrected chi connectivity index (χ2v) is 23.7. The van der Waals surface area contributed by atoms with Gasteiger partial charge in [0.1, 0.15) is 24.2 Å². The lowest BCUT2D eigenvalue weighted by Gasteiger charge is -2.39. The molecule has 0 saturated carbocycles. The second kappa shape index (κ2) is 28.5. The van der Waals surface area contributed by atoms with Crippen LogP contribution in [0.25, 0.3) is 0 Å². The van der Waals surface area contributed by atoms with E-state index in [0.29, 0.717) is 49.9 Å². The van der Waals surface area contributed by atoms with E-state index in [1.165, 1.54) is 11.8 Å². The maximum atomic E-state index is 14.7. The molecule has 20 heteroatoms. The molecule has 4 aliphatic rings. The van der Waals surface area contributed by atoms with Crippen molar-refractivity contribution in [2.45, 2.75) is 123 Å². The summed E-state index contributed by atoms with van der Waals surface area (Å²) >= 11 is 1.48. The number of nitrogens with zero attached hydrogens (tertiary/aromatic N) is 4. The molecule has 0 radical (unpaired) electrons. The largest absolute Gasteiger partial charge is 0.343 e. The van der Waals surface area contributed by atoms with Gasteiger partial charge in [-0.05, 0) is 123 Å². The molecule has 0 bridgehead atoms. The van der Waals surface area contributed by atoms with Crippen molar-refractivity contribution < 1.29 is 38.4 Å². The van der Waals surface area contributed by atoms with Crippen LogP contribution in [0.15, 0.2) is 180 Å². The van der Waals surface area contributed by atoms with Gasteiger partial charge in [0.2, 0.25) is 35.4 Å². The van der Waals surface area contributed by atoms with Crippen LogP contribution in [0.1, 0.15) is 93.1 Å². The number of anilines is 2. The molecule has 0 spiro atoms. The Morgan fingerprint density at radius 2 is 0.862 bits per heavy atom. The number of carbonyl (C=O) groups is 8. The summed E-state index contributed by atoms with van der Waals surface area (Å²) < 4.78 is 0. The van der Waals surface area contributed by atoms with Crippen molar-refractivity contribution in [3.8, 4) is 0 Å². The summed E-state index contributed by atoms with van der Waals surface area (Å²) in [5, 5.41) is 21.1. The van der Waals surface area contributed by atoms with Crippen LogP contribution >= 0.6 is 11.8 Å². The Balaban J connectivity index is 0.747. The van der Waals surface area contributed by atoms with Gasteiger partial charge in [-0.2, -0.15) is 0 Å². The Morgan fingerprint density at radius 1 is 0.494 bits per heavy atom. The van der Waals surface area contributed by atoms with E-state index in [0.717, 1.165) is 32.0 Å². The van der Waals surface area contributed by atoms with Crippen LogP contribution in [0, 0.1) is 0 Å². The zero-order chi connectivity index (χ0) is 61.0. The third kappa shape index (κ3) is 14.8. The van der Waals surface area contributed by atoms with Crippen molar-refractivity contribution in [3.05, 3.63) is 192 Å². The van der Waals surface area contributed by atoms with Crippen LogP contribution < -0.4 is 37.2 Å². The Hall–Kier alpha value is -9.01. The van der Waals surface area contributed by atoms with Gasteiger partial charge in [0.15, 0.2) is 0 Å². The Labute approximate surface area is 511 Å². The lowest BCUT2D eigenvalue weighted by atomic mass is 9.98. The summed E-state index contributed by atoms with van der Waals surface area (Å²) in [6.45, 7) is 3.73. The lowest BCUT2D eigenvalue weighted by Crippen LogP contribution is -2.62. The first kappa shape index (κ1) is 61.1. The average molecular weight is 1190 g/mol. The quantitative estimate of drug-likeness (QED) is 0.0468. The van der Waals surface area contributed by atoms with Gasteiger partial charge in [-0.25, -0.2) is 9.59 Å². The van der Waals surface area contributed by atoms with Gasteiger partial charge in [0, 0.05) is 52.8 Å². The number of urea groups is 2. The van der Waals surface area contributed by atoms with Gasteiger partial charge in [-0.15, -0.1) is 0 Å². The van der Waals surface area contributed by atoms with Gasteiger partial charge >= 0.3 is 12.1 Å². The molecule has 10 amide bonds. The predicted molar refractivity (Wildman–Crippen MR) is 333 cm³/mol. The predicted octanol–water partition coefficient (Wildman–Crippen LogP) is 7.83. The molecule has 4 heterocycles. The minimum Gasteiger partial charge on any atom is -0.343 e. The van der Waals surface area contributed by atoms with Crippen molar-refractivity contribution in [1.82, 2.24) is 46.2 Å². The molecule has 0 aromatic heterocycles. The maximum Gasteiger partial charge on any atom is 0.321 e. The molecule has 7 atom stereocenters. The van der Waals surface area contributed by atoms with Gasteiger partial charge in [0.05, 0.1) is 31.2 Å². The van der Waals surface area contributed by atoms with E-state index >= 15 is 0 Å². The Bertz CT molecular complexity index is 3310. The fourth-order valence-electron chi connectivity index (χ4n) is 12.1. The van der Waals surface area contributed by atoms with Crippen LogP contribution in [0.4, 0.5) is 21.0 Å². The minimum atomic E-state index is -1.13. The summed E-state index contributed by atoms with van der Waals surface area (Å²) in [6.07, 6.45) is 2.98. The Kier molecular flexibility index (Phi) is 20.0. The first-order chi connectivity index (χ1) is 42.2. The van der Waals surface area contributed by atoms with E-state index in [9.17, 15) is 38.4 Å². The van der Waals surface area contributed by atoms with E-state index in [-0.39, 0.29) is 62.4 Å². The van der Waals surface area contributed by atoms with Crippen LogP contribution in [0.2, 0.25) is 0 Å². The third-order valence-electron chi connectivity index (χ3n) is 16.9. The van der Waals surface area contributed by atoms with Crippen LogP contribution in [-0.4, -0.2) is 143 Å². The van der Waals surface area contributed by atoms with Gasteiger partial charge < -0.3 is 56.8 Å². The highest BCUT2D eigenvalue weighted by atomic mass is 32.2. The van der Waals surface area contributed by atoms with Crippen molar-refractivity contribution in [1.29, 1.82) is 0 Å². The van der Waals surface area contributed by atoms with Crippen molar-refractivity contribution in [2.75, 3.05) is 43.9 Å². The summed E-state index contributed by atoms with van der Waals surface area (Å²) in [5.74, 6) is -2.15. The molecule has 4 aliphatic heterocycles. The molecule has 4 saturated heterocycles. The molecule has 452 valence electrons. The second-order valence-electron chi connectivity index (χ2n) is 22.5. The smallest absolute Gasteiger partial charge is 0.321 e. The molecule has 0 aliphatic carbocycles. The SMILES string of the molecule is CCC(=O)N[C@H]1CN(C(=O)Nc2ccc(Sc3ccc(NC(=O)N4CC[C@H]5CC[C@@H](C(=O)NC(c6ccccc6)c6ccccc6)N5C(=O)[C@@H](NC(=O)[C@H](C)NC)C4)cc3)cc2)CC[C@H]2CCC(C(=O)NC(c3ccccc3)c3ccccc3)N2C1=O. The fraction of sp³-hybridized carbons (Fsp3) is 0.343. The fourth-order valence-corrected chi connectivity index (χ4v) is 12.9. The van der Waals surface area contributed by atoms with E-state index < -0.39 is 72.1 Å². The van der Waals surface area contributed by atoms with Crippen molar-refractivity contribution >= 4 is 70.6 Å². The van der Waals surface area contributed by atoms with Crippen molar-refractivity contribution in [3.63, 3.8) is 0 Å². The summed E-state index contributed by atoms with van der Waals surface area (Å²) in [4.78, 5) is 120. The molecule has 7 N–H and O–H groups in total. The minimum absolute atomic E-state index is 0.0880. The molecule has 10 rings (SSSR count). The van der Waals surface area contributed by atoms with Gasteiger partial charge in [-0.3, -0.25) is 28.8 Å². The number of likely N-dealkylation sites (N-methyl/N-ethyl adjacent to an activating group) is 1. The zero-order valence-corrected chi connectivity index (χ0v) is 49.9. The van der Waals surface area contributed by atoms with E-state index in [1.54, 1.807) is 64.8 Å². The number of hydrogen-bond acceptors (Lipinski definition) is 10. The average Bonchev–Trinajstić information content (AvgIpc) is 2.62. The number of nitrogens with one attached hydrogen (secondary N) is 7. The lowest BCUT2D eigenvalue weighted by molar-refractivity contribution is -0.144. The first-order valence-corrected chi connectivity index (χ1v) is 30.8. The number of amides is 10. The highest BCUT2D eigenvalue weighted by Crippen LogP contribution is 2.35. The number of hydrogen-bond donors (Lipinski definition) is 7. The zero-order valence-electron chi connectivity index (χ0n) is 49.1. The summed E-state index contributed by atoms with van der Waals surface area (Å²) in [5.41, 5.74) is 4.67. The molecular weight excluding hydrogens is 1120 g/mol. The standard InChI is InChI=1S/C67H75N11O8S/c1-4-58(79)71-54-41-75(39-37-50-29-35-56(77(50)64(54)83)62(81)73-59(44-17-9-5-10-18-44)45-19-11-6-12-20-45)66(85)69-48-25-31-52(32-26-48)87-53-33-27-49(28-34-53)70-67(86)76-40-38-51-30-36-57(78(51)65(84)55(42-76)72-61(80)43(2)68-3)63(82)74-60(46-21-13-7-14-22-46)47-23-15-8-16-24-47/h5-28,31-34,43,50-51,54-57,59-60,68H,4,29-30,35-42H2,1-3H3,(H,69,85)(H,70,86)(H,71,79)(H,72,80)(H,73,81)(H,74,82)/t43-,50+,51+,54-,55-,56?,57-/m0/s1. The monoisotopic (exact) mass is 1190 g/mol. The van der Waals surface area contributed by atoms with Crippen LogP contribution in [-0.2, 0) is 28.8 Å². The molecule has 19 nitrogen and oxygen atoms in total. The van der Waals surface area contributed by atoms with Crippen LogP contribution in [0.3, 0.4) is 0 Å². The third-order valence-corrected chi connectivity index (χ3v) is 17.9. The van der Waals surface area contributed by atoms with Gasteiger partial charge in [0.25, 0.3) is 0 Å². The summed E-state index contributed by atoms with van der Waals surface area (Å²) in [6, 6.07) is 46.6. The van der Waals surface area contributed by atoms with E-state index in [1.807, 2.05) is 146 Å². The number of rotatable bonds is 17. The Morgan fingerprint density at radius 3 is 1.22 bits per heavy atom. The highest BCUT2D eigenvalue weighted by molar-refractivity contribution is 7.99. The number of carbonyl (C=O) groups excluding carboxylic acids is 8. The summed E-state index contributed by atoms with van der Waals surface area (Å²) in [7, 11) is 1.65. The van der Waals surface area contributed by atoms with E-state index in [2.05, 4.69) is 37.2 Å². The maximum absolute atomic E-state index is 14.7. The normalized spacial score (nSPS) is 20.7. The number of fused-ring (bicyclic) bond motifs is 2. The molecule has 6 aromatic carbocycles. The van der Waals surface area contributed by atoms with Crippen molar-refractivity contribution in [2.24, 2.45) is 0 Å². The number of benzene rings is 6. The van der Waals surface area contributed by atoms with E-state index in [4.69, 9.17) is 0 Å². The molecule has 87 heavy (non-hydrogen) atoms. The topological polar surface area (TPSA) is 234 Å². The molecule has 6 aromatic rings. The molecule has 4 fully saturated rings. The molecule has 1 unspecified atom stereocenters. The highest BCUT2D eigenvalue weighted by Gasteiger charge is 2.48. The first-order valence-electron chi connectivity index (χ1n) is 30.0. The van der Waals surface area contributed by atoms with Gasteiger partial charge in [-0.1, -0.05) is 140 Å². The molecular formula is C67H75N11O8S.